The fourth-order valence-corrected chi connectivity index (χ4v) is 4.32. The van der Waals surface area contributed by atoms with Crippen molar-refractivity contribution in [2.75, 3.05) is 41.8 Å². The summed E-state index contributed by atoms with van der Waals surface area (Å²) in [4.78, 5) is 11.6. The minimum absolute atomic E-state index is 0.238. The molecule has 0 radical (unpaired) electrons. The highest BCUT2D eigenvalue weighted by molar-refractivity contribution is 5.76. The minimum Gasteiger partial charge on any atom is -0.490 e. The zero-order valence-electron chi connectivity index (χ0n) is 17.5. The number of aliphatic hydroxyl groups excluding tert-OH is 1. The average Bonchev–Trinajstić information content (AvgIpc) is 3.48. The highest BCUT2D eigenvalue weighted by Gasteiger charge is 2.20. The summed E-state index contributed by atoms with van der Waals surface area (Å²) in [6.07, 6.45) is 6.25. The number of β-amino-alcohol motifs (C(OH)–C–C–N with tert-alkyl or cyclic N) is 1. The third-order valence-electron chi connectivity index (χ3n) is 5.99. The zero-order chi connectivity index (χ0) is 21.5. The summed E-state index contributed by atoms with van der Waals surface area (Å²) in [5, 5.41) is 16.6. The van der Waals surface area contributed by atoms with Gasteiger partial charge in [-0.2, -0.15) is 0 Å². The summed E-state index contributed by atoms with van der Waals surface area (Å²) in [7, 11) is 0. The monoisotopic (exact) mass is 428 g/mol. The molecule has 2 aliphatic heterocycles. The first-order chi connectivity index (χ1) is 15.7. The maximum absolute atomic E-state index is 9.79. The molecule has 1 atom stereocenters. The lowest BCUT2D eigenvalue weighted by molar-refractivity contribution is 0.198. The Hall–Kier alpha value is -3.78. The standard InChI is InChI=1S/C24H24N6O2/c31-19-7-10-29(14-19)18-4-2-17(3-5-18)27-23-24-26-8-11-30(24)15-21(28-23)16-1-6-20-22(13-16)32-12-9-25-20/h1-6,8,11,13,15,19,25,31H,7,9-10,12,14H2,(H,27,28)/t19-/m0/s1. The molecule has 2 aromatic carbocycles. The molecule has 162 valence electrons. The maximum Gasteiger partial charge on any atom is 0.180 e. The van der Waals surface area contributed by atoms with E-state index in [1.807, 2.05) is 41.1 Å². The van der Waals surface area contributed by atoms with Crippen LogP contribution in [0.4, 0.5) is 22.9 Å². The topological polar surface area (TPSA) is 87.0 Å². The van der Waals surface area contributed by atoms with Gasteiger partial charge in [-0.3, -0.25) is 0 Å². The second-order valence-corrected chi connectivity index (χ2v) is 8.18. The van der Waals surface area contributed by atoms with Crippen molar-refractivity contribution in [1.29, 1.82) is 0 Å². The Morgan fingerprint density at radius 2 is 2.06 bits per heavy atom. The first-order valence-electron chi connectivity index (χ1n) is 10.9. The Bertz CT molecular complexity index is 1270. The quantitative estimate of drug-likeness (QED) is 0.458. The summed E-state index contributed by atoms with van der Waals surface area (Å²) in [6.45, 7) is 3.04. The van der Waals surface area contributed by atoms with Gasteiger partial charge in [-0.05, 0) is 42.8 Å². The molecule has 6 rings (SSSR count). The fraction of sp³-hybridized carbons (Fsp3) is 0.250. The van der Waals surface area contributed by atoms with Gasteiger partial charge in [-0.15, -0.1) is 0 Å². The van der Waals surface area contributed by atoms with E-state index >= 15 is 0 Å². The van der Waals surface area contributed by atoms with Crippen molar-refractivity contribution in [1.82, 2.24) is 14.4 Å². The minimum atomic E-state index is -0.238. The van der Waals surface area contributed by atoms with E-state index in [9.17, 15) is 5.11 Å². The molecule has 0 spiro atoms. The molecule has 4 heterocycles. The number of ether oxygens (including phenoxy) is 1. The van der Waals surface area contributed by atoms with E-state index in [0.717, 1.165) is 59.2 Å². The van der Waals surface area contributed by atoms with Crippen LogP contribution in [0.1, 0.15) is 6.42 Å². The lowest BCUT2D eigenvalue weighted by atomic mass is 10.1. The molecule has 2 aromatic heterocycles. The van der Waals surface area contributed by atoms with E-state index in [4.69, 9.17) is 9.72 Å². The molecule has 8 heteroatoms. The average molecular weight is 428 g/mol. The predicted molar refractivity (Wildman–Crippen MR) is 125 cm³/mol. The molecular formula is C24H24N6O2. The predicted octanol–water partition coefficient (Wildman–Crippen LogP) is 3.52. The number of benzene rings is 2. The molecule has 2 aliphatic rings. The molecule has 0 bridgehead atoms. The Labute approximate surface area is 185 Å². The summed E-state index contributed by atoms with van der Waals surface area (Å²) in [5.41, 5.74) is 5.62. The summed E-state index contributed by atoms with van der Waals surface area (Å²) in [5.74, 6) is 1.53. The zero-order valence-corrected chi connectivity index (χ0v) is 17.5. The van der Waals surface area contributed by atoms with Crippen LogP contribution in [-0.2, 0) is 0 Å². The van der Waals surface area contributed by atoms with Gasteiger partial charge in [0.05, 0.1) is 17.5 Å². The summed E-state index contributed by atoms with van der Waals surface area (Å²) in [6, 6.07) is 14.3. The smallest absolute Gasteiger partial charge is 0.180 e. The van der Waals surface area contributed by atoms with Gasteiger partial charge < -0.3 is 29.8 Å². The Morgan fingerprint density at radius 1 is 1.16 bits per heavy atom. The molecule has 3 N–H and O–H groups in total. The third-order valence-corrected chi connectivity index (χ3v) is 5.99. The van der Waals surface area contributed by atoms with Gasteiger partial charge in [0.15, 0.2) is 11.5 Å². The van der Waals surface area contributed by atoms with Gasteiger partial charge >= 0.3 is 0 Å². The molecular weight excluding hydrogens is 404 g/mol. The second kappa shape index (κ2) is 7.72. The molecule has 0 unspecified atom stereocenters. The fourth-order valence-electron chi connectivity index (χ4n) is 4.32. The van der Waals surface area contributed by atoms with E-state index in [1.165, 1.54) is 0 Å². The van der Waals surface area contributed by atoms with Crippen LogP contribution >= 0.6 is 0 Å². The Balaban J connectivity index is 1.31. The second-order valence-electron chi connectivity index (χ2n) is 8.18. The normalized spacial score (nSPS) is 17.7. The van der Waals surface area contributed by atoms with Gasteiger partial charge in [0.25, 0.3) is 0 Å². The number of hydrogen-bond donors (Lipinski definition) is 3. The van der Waals surface area contributed by atoms with Crippen molar-refractivity contribution < 1.29 is 9.84 Å². The number of nitrogens with one attached hydrogen (secondary N) is 2. The van der Waals surface area contributed by atoms with Gasteiger partial charge in [0.2, 0.25) is 0 Å². The molecule has 0 amide bonds. The van der Waals surface area contributed by atoms with E-state index in [0.29, 0.717) is 19.0 Å². The van der Waals surface area contributed by atoms with Crippen molar-refractivity contribution >= 4 is 28.5 Å². The van der Waals surface area contributed by atoms with E-state index in [1.54, 1.807) is 6.20 Å². The van der Waals surface area contributed by atoms with E-state index < -0.39 is 0 Å². The molecule has 0 saturated carbocycles. The van der Waals surface area contributed by atoms with Gasteiger partial charge in [0.1, 0.15) is 12.4 Å². The Morgan fingerprint density at radius 3 is 2.91 bits per heavy atom. The highest BCUT2D eigenvalue weighted by atomic mass is 16.5. The summed E-state index contributed by atoms with van der Waals surface area (Å²) >= 11 is 0. The number of anilines is 4. The molecule has 8 nitrogen and oxygen atoms in total. The van der Waals surface area contributed by atoms with Gasteiger partial charge in [-0.25, -0.2) is 9.97 Å². The van der Waals surface area contributed by atoms with Gasteiger partial charge in [0, 0.05) is 55.2 Å². The van der Waals surface area contributed by atoms with Crippen LogP contribution in [0, 0.1) is 0 Å². The maximum atomic E-state index is 9.79. The molecule has 1 saturated heterocycles. The summed E-state index contributed by atoms with van der Waals surface area (Å²) < 4.78 is 7.77. The van der Waals surface area contributed by atoms with Crippen molar-refractivity contribution in [2.45, 2.75) is 12.5 Å². The largest absolute Gasteiger partial charge is 0.490 e. The van der Waals surface area contributed by atoms with Crippen LogP contribution in [0.15, 0.2) is 61.1 Å². The van der Waals surface area contributed by atoms with Crippen LogP contribution < -0.4 is 20.3 Å². The molecule has 32 heavy (non-hydrogen) atoms. The number of aromatic nitrogens is 3. The third kappa shape index (κ3) is 3.48. The van der Waals surface area contributed by atoms with Crippen LogP contribution in [0.25, 0.3) is 16.9 Å². The SMILES string of the molecule is O[C@H]1CCN(c2ccc(Nc3nc(-c4ccc5c(c4)OCCN5)cn4ccnc34)cc2)C1. The van der Waals surface area contributed by atoms with Gasteiger partial charge in [-0.1, -0.05) is 6.07 Å². The van der Waals surface area contributed by atoms with Crippen molar-refractivity contribution in [3.8, 4) is 17.0 Å². The number of imidazole rings is 1. The first-order valence-corrected chi connectivity index (χ1v) is 10.9. The lowest BCUT2D eigenvalue weighted by Crippen LogP contribution is -2.20. The van der Waals surface area contributed by atoms with Crippen LogP contribution in [0.5, 0.6) is 5.75 Å². The molecule has 0 aliphatic carbocycles. The first kappa shape index (κ1) is 18.9. The molecule has 4 aromatic rings. The van der Waals surface area contributed by atoms with E-state index in [2.05, 4.69) is 38.7 Å². The number of hydrogen-bond acceptors (Lipinski definition) is 7. The lowest BCUT2D eigenvalue weighted by Gasteiger charge is -2.20. The van der Waals surface area contributed by atoms with E-state index in [-0.39, 0.29) is 6.10 Å². The Kier molecular flexibility index (Phi) is 4.57. The van der Waals surface area contributed by atoms with Crippen molar-refractivity contribution in [3.05, 3.63) is 61.1 Å². The number of nitrogens with zero attached hydrogens (tertiary/aromatic N) is 4. The number of aliphatic hydroxyl groups is 1. The van der Waals surface area contributed by atoms with Crippen molar-refractivity contribution in [2.24, 2.45) is 0 Å². The highest BCUT2D eigenvalue weighted by Crippen LogP contribution is 2.33. The van der Waals surface area contributed by atoms with Crippen LogP contribution in [0.2, 0.25) is 0 Å². The number of fused-ring (bicyclic) bond motifs is 2. The molecule has 1 fully saturated rings. The van der Waals surface area contributed by atoms with Crippen molar-refractivity contribution in [3.63, 3.8) is 0 Å². The number of rotatable bonds is 4. The van der Waals surface area contributed by atoms with Crippen LogP contribution in [-0.4, -0.2) is 51.8 Å². The van der Waals surface area contributed by atoms with Crippen LogP contribution in [0.3, 0.4) is 0 Å².